The van der Waals surface area contributed by atoms with Crippen molar-refractivity contribution in [3.8, 4) is 10.6 Å². The van der Waals surface area contributed by atoms with Gasteiger partial charge < -0.3 is 15.5 Å². The summed E-state index contributed by atoms with van der Waals surface area (Å²) in [7, 11) is -3.41. The molecule has 0 saturated carbocycles. The molecule has 184 valence electrons. The highest BCUT2D eigenvalue weighted by Gasteiger charge is 2.45. The Bertz CT molecular complexity index is 1430. The molecule has 0 aliphatic carbocycles. The molecule has 1 fully saturated rings. The van der Waals surface area contributed by atoms with Crippen LogP contribution in [-0.2, 0) is 19.4 Å². The molecule has 1 saturated heterocycles. The number of carbonyl (C=O) groups is 3. The Morgan fingerprint density at radius 3 is 2.66 bits per heavy atom. The second-order valence-electron chi connectivity index (χ2n) is 8.64. The maximum atomic E-state index is 12.0. The molecule has 3 N–H and O–H groups in total. The fourth-order valence-corrected chi connectivity index (χ4v) is 5.18. The number of rotatable bonds is 8. The van der Waals surface area contributed by atoms with Crippen molar-refractivity contribution in [1.29, 1.82) is 0 Å². The van der Waals surface area contributed by atoms with Crippen LogP contribution in [-0.4, -0.2) is 71.8 Å². The van der Waals surface area contributed by atoms with E-state index in [0.29, 0.717) is 30.4 Å². The fourth-order valence-electron chi connectivity index (χ4n) is 3.62. The number of anilines is 2. The van der Waals surface area contributed by atoms with E-state index in [1.807, 2.05) is 12.1 Å². The predicted molar refractivity (Wildman–Crippen MR) is 134 cm³/mol. The van der Waals surface area contributed by atoms with Gasteiger partial charge in [-0.15, -0.1) is 11.3 Å². The average Bonchev–Trinajstić information content (AvgIpc) is 3.26. The molecule has 13 heteroatoms. The summed E-state index contributed by atoms with van der Waals surface area (Å²) in [6.07, 6.45) is 2.64. The van der Waals surface area contributed by atoms with Crippen LogP contribution < -0.4 is 16.0 Å². The van der Waals surface area contributed by atoms with E-state index in [-0.39, 0.29) is 5.91 Å². The maximum absolute atomic E-state index is 12.0. The van der Waals surface area contributed by atoms with Crippen molar-refractivity contribution in [3.05, 3.63) is 36.5 Å². The number of thiophene rings is 1. The third-order valence-corrected chi connectivity index (χ3v) is 7.34. The van der Waals surface area contributed by atoms with E-state index in [9.17, 15) is 22.8 Å². The zero-order valence-electron chi connectivity index (χ0n) is 19.3. The predicted octanol–water partition coefficient (Wildman–Crippen LogP) is 2.08. The topological polar surface area (TPSA) is 150 Å². The second-order valence-corrected chi connectivity index (χ2v) is 11.9. The Labute approximate surface area is 205 Å². The lowest BCUT2D eigenvalue weighted by molar-refractivity contribution is -0.125. The van der Waals surface area contributed by atoms with Gasteiger partial charge in [-0.3, -0.25) is 14.9 Å². The normalized spacial score (nSPS) is 15.3. The fraction of sp³-hybridized carbons (Fsp3) is 0.318. The Balaban J connectivity index is 1.44. The van der Waals surface area contributed by atoms with Crippen LogP contribution in [0, 0.1) is 0 Å². The van der Waals surface area contributed by atoms with Gasteiger partial charge in [0.15, 0.2) is 9.84 Å². The number of imide groups is 1. The quantitative estimate of drug-likeness (QED) is 0.385. The smallest absolute Gasteiger partial charge is 0.325 e. The number of carbonyl (C=O) groups excluding carboxylic acids is 3. The van der Waals surface area contributed by atoms with E-state index in [1.165, 1.54) is 16.2 Å². The molecule has 0 atom stereocenters. The van der Waals surface area contributed by atoms with Crippen molar-refractivity contribution in [2.45, 2.75) is 19.4 Å². The minimum absolute atomic E-state index is 0.300. The molecule has 2 aromatic heterocycles. The number of urea groups is 1. The van der Waals surface area contributed by atoms with Crippen molar-refractivity contribution in [3.63, 3.8) is 0 Å². The zero-order chi connectivity index (χ0) is 25.4. The lowest BCUT2D eigenvalue weighted by Crippen LogP contribution is -2.46. The highest BCUT2D eigenvalue weighted by Crippen LogP contribution is 2.34. The number of hydrogen-bond acceptors (Lipinski definition) is 9. The van der Waals surface area contributed by atoms with E-state index < -0.39 is 33.1 Å². The molecule has 0 radical (unpaired) electrons. The molecule has 1 aliphatic rings. The summed E-state index contributed by atoms with van der Waals surface area (Å²) in [5.74, 6) is -1.11. The number of benzene rings is 1. The van der Waals surface area contributed by atoms with Crippen molar-refractivity contribution >= 4 is 60.7 Å². The van der Waals surface area contributed by atoms with Crippen molar-refractivity contribution in [2.24, 2.45) is 0 Å². The lowest BCUT2D eigenvalue weighted by atomic mass is 10.0. The van der Waals surface area contributed by atoms with Gasteiger partial charge in [-0.1, -0.05) is 0 Å². The highest BCUT2D eigenvalue weighted by molar-refractivity contribution is 7.91. The molecule has 3 aromatic rings. The van der Waals surface area contributed by atoms with Crippen LogP contribution in [0.4, 0.5) is 16.4 Å². The summed E-state index contributed by atoms with van der Waals surface area (Å²) in [5, 5.41) is 8.89. The molecule has 1 aliphatic heterocycles. The van der Waals surface area contributed by atoms with Crippen LogP contribution >= 0.6 is 11.3 Å². The van der Waals surface area contributed by atoms with E-state index in [2.05, 4.69) is 25.9 Å². The zero-order valence-corrected chi connectivity index (χ0v) is 20.9. The van der Waals surface area contributed by atoms with Gasteiger partial charge in [0.1, 0.15) is 11.3 Å². The summed E-state index contributed by atoms with van der Waals surface area (Å²) in [4.78, 5) is 46.9. The number of fused-ring (bicyclic) bond motifs is 1. The lowest BCUT2D eigenvalue weighted by Gasteiger charge is -2.27. The average molecular weight is 517 g/mol. The first-order chi connectivity index (χ1) is 16.4. The summed E-state index contributed by atoms with van der Waals surface area (Å²) in [6.45, 7) is 4.04. The molecule has 0 bridgehead atoms. The molecule has 11 nitrogen and oxygen atoms in total. The first-order valence-corrected chi connectivity index (χ1v) is 13.5. The molecule has 1 aromatic carbocycles. The monoisotopic (exact) mass is 516 g/mol. The minimum atomic E-state index is -3.41. The molecule has 0 unspecified atom stereocenters. The Morgan fingerprint density at radius 2 is 1.97 bits per heavy atom. The van der Waals surface area contributed by atoms with Gasteiger partial charge >= 0.3 is 6.03 Å². The number of sulfone groups is 1. The molecule has 3 heterocycles. The van der Waals surface area contributed by atoms with Gasteiger partial charge in [0.25, 0.3) is 5.91 Å². The minimum Gasteiger partial charge on any atom is -0.352 e. The Hall–Kier alpha value is -3.58. The molecule has 4 amide bonds. The van der Waals surface area contributed by atoms with E-state index in [4.69, 9.17) is 0 Å². The third kappa shape index (κ3) is 5.57. The first kappa shape index (κ1) is 24.5. The van der Waals surface area contributed by atoms with Crippen molar-refractivity contribution < 1.29 is 22.8 Å². The van der Waals surface area contributed by atoms with E-state index in [0.717, 1.165) is 21.2 Å². The molecule has 0 spiro atoms. The second kappa shape index (κ2) is 9.23. The third-order valence-electron chi connectivity index (χ3n) is 5.42. The van der Waals surface area contributed by atoms with Crippen LogP contribution in [0.25, 0.3) is 20.7 Å². The summed E-state index contributed by atoms with van der Waals surface area (Å²) in [5.41, 5.74) is 0.287. The molecular weight excluding hydrogens is 492 g/mol. The Kier molecular flexibility index (Phi) is 6.47. The van der Waals surface area contributed by atoms with Gasteiger partial charge in [0, 0.05) is 35.9 Å². The number of amides is 4. The number of aromatic nitrogens is 2. The van der Waals surface area contributed by atoms with Crippen LogP contribution in [0.15, 0.2) is 36.5 Å². The van der Waals surface area contributed by atoms with Crippen LogP contribution in [0.3, 0.4) is 0 Å². The van der Waals surface area contributed by atoms with Crippen LogP contribution in [0.5, 0.6) is 0 Å². The van der Waals surface area contributed by atoms with E-state index in [1.54, 1.807) is 38.2 Å². The Morgan fingerprint density at radius 1 is 1.20 bits per heavy atom. The van der Waals surface area contributed by atoms with Crippen LogP contribution in [0.2, 0.25) is 0 Å². The number of nitrogens with zero attached hydrogens (tertiary/aromatic N) is 3. The molecule has 35 heavy (non-hydrogen) atoms. The van der Waals surface area contributed by atoms with E-state index >= 15 is 0 Å². The summed E-state index contributed by atoms with van der Waals surface area (Å²) >= 11 is 1.52. The van der Waals surface area contributed by atoms with Gasteiger partial charge in [0.2, 0.25) is 11.9 Å². The van der Waals surface area contributed by atoms with Crippen molar-refractivity contribution in [1.82, 2.24) is 20.2 Å². The molecule has 4 rings (SSSR count). The van der Waals surface area contributed by atoms with Crippen LogP contribution in [0.1, 0.15) is 13.8 Å². The van der Waals surface area contributed by atoms with Gasteiger partial charge in [-0.25, -0.2) is 23.2 Å². The summed E-state index contributed by atoms with van der Waals surface area (Å²) in [6, 6.07) is 8.63. The molecular formula is C22H24N6O5S2. The maximum Gasteiger partial charge on any atom is 0.325 e. The highest BCUT2D eigenvalue weighted by atomic mass is 32.2. The summed E-state index contributed by atoms with van der Waals surface area (Å²) < 4.78 is 23.6. The largest absolute Gasteiger partial charge is 0.352 e. The standard InChI is InChI=1S/C22H24N6O5S2/c1-22(2)19(30)27-21(31)28(22)9-8-24-20-23-7-6-15(26-20)17-11-13-10-14(4-5-16(13)34-17)25-18(29)12-35(3,32)33/h4-7,10-11H,8-9,12H2,1-3H3,(H,25,29)(H,23,24,26)(H,27,30,31). The van der Waals surface area contributed by atoms with Gasteiger partial charge in [0.05, 0.1) is 10.6 Å². The van der Waals surface area contributed by atoms with Gasteiger partial charge in [-0.2, -0.15) is 0 Å². The SMILES string of the molecule is CC1(C)C(=O)NC(=O)N1CCNc1nccc(-c2cc3cc(NC(=O)CS(C)(=O)=O)ccc3s2)n1. The number of hydrogen-bond donors (Lipinski definition) is 3. The van der Waals surface area contributed by atoms with Gasteiger partial charge in [-0.05, 0) is 49.6 Å². The first-order valence-electron chi connectivity index (χ1n) is 10.6. The number of nitrogens with one attached hydrogen (secondary N) is 3. The van der Waals surface area contributed by atoms with Crippen molar-refractivity contribution in [2.75, 3.05) is 35.7 Å².